The summed E-state index contributed by atoms with van der Waals surface area (Å²) in [5.41, 5.74) is 0. The van der Waals surface area contributed by atoms with Crippen molar-refractivity contribution in [2.24, 2.45) is 0 Å². The first-order valence-corrected chi connectivity index (χ1v) is 7.18. The van der Waals surface area contributed by atoms with Gasteiger partial charge in [0.1, 0.15) is 0 Å². The highest BCUT2D eigenvalue weighted by Gasteiger charge is 2.26. The summed E-state index contributed by atoms with van der Waals surface area (Å²) in [6, 6.07) is 2.24. The second-order valence-corrected chi connectivity index (χ2v) is 8.06. The van der Waals surface area contributed by atoms with E-state index in [-0.39, 0.29) is 0 Å². The Morgan fingerprint density at radius 3 is 2.27 bits per heavy atom. The van der Waals surface area contributed by atoms with Crippen LogP contribution in [0.5, 0.6) is 0 Å². The average Bonchev–Trinajstić information content (AvgIpc) is 2.02. The van der Waals surface area contributed by atoms with Gasteiger partial charge in [0.2, 0.25) is 0 Å². The fraction of sp³-hybridized carbons (Fsp3) is 0.889. The number of nitriles is 1. The molecule has 0 bridgehead atoms. The molecular formula is C9H19NP+. The lowest BCUT2D eigenvalue weighted by Gasteiger charge is -2.19. The van der Waals surface area contributed by atoms with Crippen molar-refractivity contribution in [1.82, 2.24) is 0 Å². The zero-order chi connectivity index (χ0) is 8.74. The van der Waals surface area contributed by atoms with Gasteiger partial charge in [0, 0.05) is 13.9 Å². The highest BCUT2D eigenvalue weighted by molar-refractivity contribution is 7.75. The highest BCUT2D eigenvalue weighted by Crippen LogP contribution is 2.55. The van der Waals surface area contributed by atoms with Gasteiger partial charge in [-0.25, -0.2) is 0 Å². The fourth-order valence-corrected chi connectivity index (χ4v) is 3.86. The van der Waals surface area contributed by atoms with Gasteiger partial charge in [0.05, 0.1) is 31.0 Å². The first-order chi connectivity index (χ1) is 5.18. The smallest absolute Gasteiger partial charge is 0.0721 e. The van der Waals surface area contributed by atoms with Gasteiger partial charge in [-0.2, -0.15) is 5.26 Å². The summed E-state index contributed by atoms with van der Waals surface area (Å²) in [4.78, 5) is 0. The van der Waals surface area contributed by atoms with Crippen LogP contribution < -0.4 is 0 Å². The standard InChI is InChI=1S/C9H19NP/c1-4-8-11(3,5-2)9-6-7-10/h4-6,8-9H2,1-3H3/q+1. The van der Waals surface area contributed by atoms with Crippen LogP contribution in [0.15, 0.2) is 0 Å². The maximum atomic E-state index is 8.46. The predicted molar refractivity (Wildman–Crippen MR) is 53.6 cm³/mol. The van der Waals surface area contributed by atoms with Crippen LogP contribution in [-0.2, 0) is 0 Å². The molecule has 0 fully saturated rings. The Labute approximate surface area is 71.1 Å². The third kappa shape index (κ3) is 4.38. The summed E-state index contributed by atoms with van der Waals surface area (Å²) in [7, 11) is -0.689. The maximum Gasteiger partial charge on any atom is 0.0721 e. The van der Waals surface area contributed by atoms with Gasteiger partial charge in [-0.05, 0) is 13.3 Å². The van der Waals surface area contributed by atoms with E-state index >= 15 is 0 Å². The first-order valence-electron chi connectivity index (χ1n) is 4.39. The molecular weight excluding hydrogens is 153 g/mol. The lowest BCUT2D eigenvalue weighted by atomic mass is 10.6. The van der Waals surface area contributed by atoms with Crippen LogP contribution in [0.4, 0.5) is 0 Å². The van der Waals surface area contributed by atoms with Crippen molar-refractivity contribution in [2.45, 2.75) is 26.7 Å². The van der Waals surface area contributed by atoms with Crippen LogP contribution >= 0.6 is 7.26 Å². The van der Waals surface area contributed by atoms with Crippen LogP contribution in [0.3, 0.4) is 0 Å². The Bertz CT molecular complexity index is 139. The molecule has 0 saturated carbocycles. The van der Waals surface area contributed by atoms with Gasteiger partial charge >= 0.3 is 0 Å². The molecule has 64 valence electrons. The lowest BCUT2D eigenvalue weighted by Crippen LogP contribution is -2.03. The van der Waals surface area contributed by atoms with Gasteiger partial charge in [-0.1, -0.05) is 6.92 Å². The molecule has 0 aliphatic rings. The molecule has 1 unspecified atom stereocenters. The third-order valence-electron chi connectivity index (χ3n) is 2.29. The van der Waals surface area contributed by atoms with Gasteiger partial charge in [0.25, 0.3) is 0 Å². The van der Waals surface area contributed by atoms with Crippen molar-refractivity contribution in [1.29, 1.82) is 5.26 Å². The summed E-state index contributed by atoms with van der Waals surface area (Å²) < 4.78 is 0. The summed E-state index contributed by atoms with van der Waals surface area (Å²) in [5.74, 6) is 0. The van der Waals surface area contributed by atoms with E-state index < -0.39 is 7.26 Å². The van der Waals surface area contributed by atoms with Crippen molar-refractivity contribution in [2.75, 3.05) is 25.2 Å². The molecule has 11 heavy (non-hydrogen) atoms. The van der Waals surface area contributed by atoms with E-state index in [1.54, 1.807) is 0 Å². The fourth-order valence-electron chi connectivity index (χ4n) is 1.29. The number of nitrogens with zero attached hydrogens (tertiary/aromatic N) is 1. The molecule has 0 N–H and O–H groups in total. The maximum absolute atomic E-state index is 8.46. The van der Waals surface area contributed by atoms with E-state index in [4.69, 9.17) is 5.26 Å². The Kier molecular flexibility index (Phi) is 5.51. The Morgan fingerprint density at radius 2 is 1.91 bits per heavy atom. The van der Waals surface area contributed by atoms with Crippen molar-refractivity contribution in [3.63, 3.8) is 0 Å². The van der Waals surface area contributed by atoms with Crippen LogP contribution in [0.25, 0.3) is 0 Å². The van der Waals surface area contributed by atoms with E-state index in [0.717, 1.165) is 6.42 Å². The molecule has 2 heteroatoms. The second-order valence-electron chi connectivity index (χ2n) is 3.29. The van der Waals surface area contributed by atoms with Gasteiger partial charge < -0.3 is 0 Å². The molecule has 0 aromatic rings. The quantitative estimate of drug-likeness (QED) is 0.585. The summed E-state index contributed by atoms with van der Waals surface area (Å²) >= 11 is 0. The van der Waals surface area contributed by atoms with E-state index in [9.17, 15) is 0 Å². The minimum absolute atomic E-state index is 0.689. The Hall–Kier alpha value is -0.0800. The van der Waals surface area contributed by atoms with Crippen molar-refractivity contribution in [3.05, 3.63) is 0 Å². The third-order valence-corrected chi connectivity index (χ3v) is 6.65. The minimum atomic E-state index is -0.689. The van der Waals surface area contributed by atoms with Crippen LogP contribution in [0.2, 0.25) is 0 Å². The van der Waals surface area contributed by atoms with E-state index in [1.807, 2.05) is 0 Å². The molecule has 0 saturated heterocycles. The van der Waals surface area contributed by atoms with Gasteiger partial charge in [0.15, 0.2) is 0 Å². The monoisotopic (exact) mass is 172 g/mol. The number of rotatable bonds is 5. The SMILES string of the molecule is CCC[P+](C)(CC)CCC#N. The second kappa shape index (κ2) is 5.56. The molecule has 0 radical (unpaired) electrons. The van der Waals surface area contributed by atoms with E-state index in [2.05, 4.69) is 26.6 Å². The van der Waals surface area contributed by atoms with Crippen molar-refractivity contribution >= 4 is 7.26 Å². The molecule has 0 aromatic heterocycles. The van der Waals surface area contributed by atoms with Gasteiger partial charge in [-0.15, -0.1) is 0 Å². The van der Waals surface area contributed by atoms with E-state index in [1.165, 1.54) is 24.9 Å². The van der Waals surface area contributed by atoms with Crippen molar-refractivity contribution < 1.29 is 0 Å². The molecule has 0 spiro atoms. The van der Waals surface area contributed by atoms with Crippen LogP contribution in [-0.4, -0.2) is 25.2 Å². The lowest BCUT2D eigenvalue weighted by molar-refractivity contribution is 1.06. The zero-order valence-electron chi connectivity index (χ0n) is 7.93. The number of hydrogen-bond acceptors (Lipinski definition) is 1. The van der Waals surface area contributed by atoms with Crippen LogP contribution in [0, 0.1) is 11.3 Å². The Balaban J connectivity index is 3.79. The summed E-state index contributed by atoms with van der Waals surface area (Å²) in [6.45, 7) is 6.90. The molecule has 0 aliphatic heterocycles. The predicted octanol–water partition coefficient (Wildman–Crippen LogP) is 2.98. The van der Waals surface area contributed by atoms with Crippen molar-refractivity contribution in [3.8, 4) is 6.07 Å². The molecule has 0 aliphatic carbocycles. The minimum Gasteiger partial charge on any atom is -0.198 e. The molecule has 1 nitrogen and oxygen atoms in total. The highest BCUT2D eigenvalue weighted by atomic mass is 31.2. The average molecular weight is 172 g/mol. The normalized spacial score (nSPS) is 15.5. The van der Waals surface area contributed by atoms with Gasteiger partial charge in [-0.3, -0.25) is 0 Å². The summed E-state index contributed by atoms with van der Waals surface area (Å²) in [6.07, 6.45) is 5.89. The Morgan fingerprint density at radius 1 is 1.27 bits per heavy atom. The largest absolute Gasteiger partial charge is 0.198 e. The molecule has 0 amide bonds. The van der Waals surface area contributed by atoms with Crippen LogP contribution in [0.1, 0.15) is 26.7 Å². The topological polar surface area (TPSA) is 23.8 Å². The number of hydrogen-bond donors (Lipinski definition) is 0. The molecule has 1 atom stereocenters. The summed E-state index contributed by atoms with van der Waals surface area (Å²) in [5, 5.41) is 8.46. The molecule has 0 heterocycles. The first kappa shape index (κ1) is 10.9. The molecule has 0 rings (SSSR count). The zero-order valence-corrected chi connectivity index (χ0v) is 8.82. The molecule has 0 aromatic carbocycles. The van der Waals surface area contributed by atoms with E-state index in [0.29, 0.717) is 0 Å².